The molecule has 9 heteroatoms. The lowest BCUT2D eigenvalue weighted by Crippen LogP contribution is -2.31. The fourth-order valence-corrected chi connectivity index (χ4v) is 4.46. The number of para-hydroxylation sites is 1. The zero-order valence-electron chi connectivity index (χ0n) is 16.3. The average Bonchev–Trinajstić information content (AvgIpc) is 3.04. The van der Waals surface area contributed by atoms with Crippen molar-refractivity contribution in [2.24, 2.45) is 0 Å². The maximum Gasteiger partial charge on any atom is 0.269 e. The molecule has 1 aliphatic rings. The van der Waals surface area contributed by atoms with Gasteiger partial charge in [0.2, 0.25) is 5.91 Å². The lowest BCUT2D eigenvalue weighted by molar-refractivity contribution is -0.384. The number of rotatable bonds is 5. The highest BCUT2D eigenvalue weighted by atomic mass is 32.2. The van der Waals surface area contributed by atoms with Crippen molar-refractivity contribution in [1.29, 1.82) is 5.26 Å². The van der Waals surface area contributed by atoms with E-state index in [1.807, 2.05) is 25.1 Å². The summed E-state index contributed by atoms with van der Waals surface area (Å²) in [5.74, 6) is -0.866. The molecule has 0 radical (unpaired) electrons. The number of thioether (sulfide) groups is 1. The van der Waals surface area contributed by atoms with Gasteiger partial charge in [-0.15, -0.1) is 0 Å². The number of amides is 2. The zero-order chi connectivity index (χ0) is 21.8. The van der Waals surface area contributed by atoms with E-state index in [4.69, 9.17) is 0 Å². The number of non-ortho nitro benzene ring substituents is 1. The van der Waals surface area contributed by atoms with Crippen LogP contribution in [0.4, 0.5) is 11.4 Å². The van der Waals surface area contributed by atoms with E-state index in [1.54, 1.807) is 24.3 Å². The molecule has 0 saturated carbocycles. The third-order valence-electron chi connectivity index (χ3n) is 4.63. The average molecular weight is 422 g/mol. The summed E-state index contributed by atoms with van der Waals surface area (Å²) < 4.78 is 0. The van der Waals surface area contributed by atoms with Crippen molar-refractivity contribution < 1.29 is 14.5 Å². The van der Waals surface area contributed by atoms with Crippen molar-refractivity contribution >= 4 is 35.0 Å². The number of carbonyl (C=O) groups is 2. The summed E-state index contributed by atoms with van der Waals surface area (Å²) >= 11 is 1.12. The number of carbonyl (C=O) groups excluding carboxylic acids is 2. The van der Waals surface area contributed by atoms with Gasteiger partial charge in [-0.2, -0.15) is 5.26 Å². The van der Waals surface area contributed by atoms with E-state index < -0.39 is 16.1 Å². The van der Waals surface area contributed by atoms with Crippen molar-refractivity contribution in [2.75, 3.05) is 11.9 Å². The molecule has 0 aliphatic carbocycles. The zero-order valence-corrected chi connectivity index (χ0v) is 17.1. The molecule has 2 amide bonds. The van der Waals surface area contributed by atoms with E-state index >= 15 is 0 Å². The molecule has 1 saturated heterocycles. The number of nitrogens with zero attached hydrogens (tertiary/aromatic N) is 3. The van der Waals surface area contributed by atoms with Crippen molar-refractivity contribution in [3.8, 4) is 6.07 Å². The molecule has 2 aromatic carbocycles. The fourth-order valence-electron chi connectivity index (χ4n) is 3.16. The number of benzene rings is 2. The molecule has 0 bridgehead atoms. The van der Waals surface area contributed by atoms with Crippen LogP contribution in [0.25, 0.3) is 0 Å². The standard InChI is InChI=1S/C21H18N4O4S/c1-13-6-3-4-9-17(13)24-20(27)18(30-21(24)16(12-22)19(26)23-2)11-14-7-5-8-15(10-14)25(28)29/h3-10,18H,11H2,1-2H3,(H,23,26)/b21-16-. The molecule has 1 unspecified atom stereocenters. The van der Waals surface area contributed by atoms with Gasteiger partial charge in [0.15, 0.2) is 0 Å². The normalized spacial score (nSPS) is 17.4. The van der Waals surface area contributed by atoms with Gasteiger partial charge < -0.3 is 5.32 Å². The van der Waals surface area contributed by atoms with Gasteiger partial charge in [-0.3, -0.25) is 24.6 Å². The van der Waals surface area contributed by atoms with Crippen LogP contribution in [0.1, 0.15) is 11.1 Å². The molecule has 30 heavy (non-hydrogen) atoms. The van der Waals surface area contributed by atoms with Gasteiger partial charge in [-0.05, 0) is 30.5 Å². The number of likely N-dealkylation sites (N-methyl/N-ethyl adjacent to an activating group) is 1. The first-order valence-electron chi connectivity index (χ1n) is 9.03. The van der Waals surface area contributed by atoms with Gasteiger partial charge in [-0.1, -0.05) is 42.1 Å². The van der Waals surface area contributed by atoms with Crippen molar-refractivity contribution in [3.05, 3.63) is 80.4 Å². The lowest BCUT2D eigenvalue weighted by Gasteiger charge is -2.20. The highest BCUT2D eigenvalue weighted by Gasteiger charge is 2.41. The van der Waals surface area contributed by atoms with E-state index in [2.05, 4.69) is 5.32 Å². The Balaban J connectivity index is 2.06. The molecule has 0 spiro atoms. The third kappa shape index (κ3) is 4.04. The number of nitro benzene ring substituents is 1. The van der Waals surface area contributed by atoms with Gasteiger partial charge in [0, 0.05) is 19.2 Å². The number of anilines is 1. The number of nitro groups is 1. The first kappa shape index (κ1) is 21.1. The number of nitriles is 1. The second kappa shape index (κ2) is 8.80. The molecule has 0 aromatic heterocycles. The van der Waals surface area contributed by atoms with Gasteiger partial charge >= 0.3 is 0 Å². The fraction of sp³-hybridized carbons (Fsp3) is 0.190. The van der Waals surface area contributed by atoms with E-state index in [0.29, 0.717) is 11.3 Å². The smallest absolute Gasteiger partial charge is 0.269 e. The molecule has 1 atom stereocenters. The minimum atomic E-state index is -0.630. The van der Waals surface area contributed by atoms with Crippen LogP contribution in [0, 0.1) is 28.4 Å². The van der Waals surface area contributed by atoms with Crippen LogP contribution in [-0.4, -0.2) is 29.0 Å². The lowest BCUT2D eigenvalue weighted by atomic mass is 10.1. The molecule has 2 aromatic rings. The molecule has 3 rings (SSSR count). The van der Waals surface area contributed by atoms with Gasteiger partial charge in [0.05, 0.1) is 15.9 Å². The van der Waals surface area contributed by atoms with E-state index in [-0.39, 0.29) is 28.6 Å². The van der Waals surface area contributed by atoms with Crippen LogP contribution >= 0.6 is 11.8 Å². The van der Waals surface area contributed by atoms with Gasteiger partial charge in [0.1, 0.15) is 16.7 Å². The Bertz CT molecular complexity index is 1110. The summed E-state index contributed by atoms with van der Waals surface area (Å²) in [4.78, 5) is 37.5. The van der Waals surface area contributed by atoms with Crippen LogP contribution in [0.2, 0.25) is 0 Å². The highest BCUT2D eigenvalue weighted by molar-refractivity contribution is 8.05. The summed E-state index contributed by atoms with van der Waals surface area (Å²) in [6, 6.07) is 15.2. The van der Waals surface area contributed by atoms with Gasteiger partial charge in [0.25, 0.3) is 11.6 Å². The van der Waals surface area contributed by atoms with Crippen molar-refractivity contribution in [1.82, 2.24) is 5.32 Å². The van der Waals surface area contributed by atoms with E-state index in [0.717, 1.165) is 17.3 Å². The number of aryl methyl sites for hydroxylation is 1. The van der Waals surface area contributed by atoms with Crippen molar-refractivity contribution in [3.63, 3.8) is 0 Å². The predicted molar refractivity (Wildman–Crippen MR) is 114 cm³/mol. The number of nitrogens with one attached hydrogen (secondary N) is 1. The van der Waals surface area contributed by atoms with Crippen molar-refractivity contribution in [2.45, 2.75) is 18.6 Å². The Morgan fingerprint density at radius 3 is 2.67 bits per heavy atom. The minimum Gasteiger partial charge on any atom is -0.354 e. The van der Waals surface area contributed by atoms with Gasteiger partial charge in [-0.25, -0.2) is 0 Å². The number of hydrogen-bond donors (Lipinski definition) is 1. The monoisotopic (exact) mass is 422 g/mol. The Kier molecular flexibility index (Phi) is 6.18. The largest absolute Gasteiger partial charge is 0.354 e. The molecule has 1 fully saturated rings. The maximum absolute atomic E-state index is 13.3. The van der Waals surface area contributed by atoms with Crippen LogP contribution in [0.5, 0.6) is 0 Å². The third-order valence-corrected chi connectivity index (χ3v) is 5.89. The Morgan fingerprint density at radius 2 is 2.03 bits per heavy atom. The second-order valence-corrected chi connectivity index (χ2v) is 7.76. The molecule has 1 aliphatic heterocycles. The Labute approximate surface area is 177 Å². The number of hydrogen-bond acceptors (Lipinski definition) is 6. The molecule has 8 nitrogen and oxygen atoms in total. The van der Waals surface area contributed by atoms with E-state index in [1.165, 1.54) is 24.1 Å². The molecule has 152 valence electrons. The van der Waals surface area contributed by atoms with E-state index in [9.17, 15) is 25.0 Å². The topological polar surface area (TPSA) is 116 Å². The quantitative estimate of drug-likeness (QED) is 0.343. The molecule has 1 N–H and O–H groups in total. The summed E-state index contributed by atoms with van der Waals surface area (Å²) in [6.07, 6.45) is 0.226. The van der Waals surface area contributed by atoms with Crippen LogP contribution < -0.4 is 10.2 Å². The second-order valence-electron chi connectivity index (χ2n) is 6.57. The summed E-state index contributed by atoms with van der Waals surface area (Å²) in [6.45, 7) is 1.84. The highest BCUT2D eigenvalue weighted by Crippen LogP contribution is 2.42. The Morgan fingerprint density at radius 1 is 1.30 bits per heavy atom. The SMILES string of the molecule is CNC(=O)/C(C#N)=C1\SC(Cc2cccc([N+](=O)[O-])c2)C(=O)N1c1ccccc1C. The van der Waals surface area contributed by atoms with Crippen LogP contribution in [0.15, 0.2) is 59.1 Å². The maximum atomic E-state index is 13.3. The first-order valence-corrected chi connectivity index (χ1v) is 9.91. The summed E-state index contributed by atoms with van der Waals surface area (Å²) in [5, 5.41) is 22.7. The predicted octanol–water partition coefficient (Wildman–Crippen LogP) is 3.08. The molecule has 1 heterocycles. The molecular weight excluding hydrogens is 404 g/mol. The summed E-state index contributed by atoms with van der Waals surface area (Å²) in [7, 11) is 1.42. The van der Waals surface area contributed by atoms with Crippen LogP contribution in [-0.2, 0) is 16.0 Å². The summed E-state index contributed by atoms with van der Waals surface area (Å²) in [5.41, 5.74) is 1.81. The minimum absolute atomic E-state index is 0.0578. The first-order chi connectivity index (χ1) is 14.4. The Hall–Kier alpha value is -3.64. The molecular formula is C21H18N4O4S. The van der Waals surface area contributed by atoms with Crippen LogP contribution in [0.3, 0.4) is 0 Å².